The van der Waals surface area contributed by atoms with Crippen LogP contribution in [0.1, 0.15) is 22.8 Å². The molecule has 2 heterocycles. The Hall–Kier alpha value is -3.55. The summed E-state index contributed by atoms with van der Waals surface area (Å²) in [6.07, 6.45) is 1.67. The minimum Gasteiger partial charge on any atom is -0.496 e. The van der Waals surface area contributed by atoms with E-state index in [1.54, 1.807) is 36.5 Å². The topological polar surface area (TPSA) is 110 Å². The second kappa shape index (κ2) is 7.56. The number of H-pyrrole nitrogens is 1. The number of aromatic nitrogens is 4. The third-order valence-electron chi connectivity index (χ3n) is 3.68. The molecule has 3 rings (SSSR count). The number of aromatic amines is 1. The van der Waals surface area contributed by atoms with E-state index >= 15 is 0 Å². The van der Waals surface area contributed by atoms with Crippen LogP contribution in [0.2, 0.25) is 0 Å². The van der Waals surface area contributed by atoms with E-state index in [0.29, 0.717) is 28.4 Å². The van der Waals surface area contributed by atoms with Crippen LogP contribution in [-0.2, 0) is 11.2 Å². The standard InChI is InChI=1S/C18H17N5O3/c1-11(24)12-6-7-15(26-2)13(9-12)10-16(25)20-18-21-17(22-23-18)14-5-3-4-8-19-14/h3-9H,10H2,1-2H3,(H2,20,21,22,23,25). The van der Waals surface area contributed by atoms with Crippen LogP contribution in [0, 0.1) is 0 Å². The molecule has 0 aliphatic heterocycles. The lowest BCUT2D eigenvalue weighted by Crippen LogP contribution is -2.16. The summed E-state index contributed by atoms with van der Waals surface area (Å²) < 4.78 is 5.26. The molecule has 0 saturated heterocycles. The monoisotopic (exact) mass is 351 g/mol. The largest absolute Gasteiger partial charge is 0.496 e. The summed E-state index contributed by atoms with van der Waals surface area (Å²) in [6.45, 7) is 1.47. The molecule has 0 unspecified atom stereocenters. The van der Waals surface area contributed by atoms with E-state index in [-0.39, 0.29) is 24.1 Å². The maximum atomic E-state index is 12.3. The summed E-state index contributed by atoms with van der Waals surface area (Å²) in [5, 5.41) is 9.32. The Bertz CT molecular complexity index is 937. The highest BCUT2D eigenvalue weighted by Gasteiger charge is 2.14. The van der Waals surface area contributed by atoms with Crippen molar-refractivity contribution in [3.8, 4) is 17.3 Å². The molecule has 0 fully saturated rings. The number of methoxy groups -OCH3 is 1. The van der Waals surface area contributed by atoms with Gasteiger partial charge in [0.2, 0.25) is 11.9 Å². The molecular formula is C18H17N5O3. The van der Waals surface area contributed by atoms with Crippen molar-refractivity contribution in [2.45, 2.75) is 13.3 Å². The van der Waals surface area contributed by atoms with Crippen molar-refractivity contribution >= 4 is 17.6 Å². The maximum absolute atomic E-state index is 12.3. The fourth-order valence-corrected chi connectivity index (χ4v) is 2.41. The van der Waals surface area contributed by atoms with Crippen LogP contribution in [0.3, 0.4) is 0 Å². The van der Waals surface area contributed by atoms with E-state index in [4.69, 9.17) is 4.74 Å². The fraction of sp³-hybridized carbons (Fsp3) is 0.167. The molecule has 1 aromatic carbocycles. The molecule has 0 bridgehead atoms. The molecule has 1 amide bonds. The fourth-order valence-electron chi connectivity index (χ4n) is 2.41. The van der Waals surface area contributed by atoms with Crippen LogP contribution in [0.15, 0.2) is 42.6 Å². The number of hydrogen-bond donors (Lipinski definition) is 2. The van der Waals surface area contributed by atoms with Gasteiger partial charge in [-0.15, -0.1) is 5.10 Å². The van der Waals surface area contributed by atoms with E-state index in [9.17, 15) is 9.59 Å². The first kappa shape index (κ1) is 17.3. The predicted octanol–water partition coefficient (Wildman–Crippen LogP) is 2.26. The Morgan fingerprint density at radius 1 is 1.23 bits per heavy atom. The molecule has 26 heavy (non-hydrogen) atoms. The number of rotatable bonds is 6. The van der Waals surface area contributed by atoms with Crippen molar-refractivity contribution in [1.29, 1.82) is 0 Å². The highest BCUT2D eigenvalue weighted by atomic mass is 16.5. The minimum absolute atomic E-state index is 0.0255. The summed E-state index contributed by atoms with van der Waals surface area (Å²) in [5.41, 5.74) is 1.75. The molecule has 132 valence electrons. The van der Waals surface area contributed by atoms with Crippen molar-refractivity contribution in [3.63, 3.8) is 0 Å². The highest BCUT2D eigenvalue weighted by molar-refractivity contribution is 5.95. The van der Waals surface area contributed by atoms with Gasteiger partial charge in [0.1, 0.15) is 11.4 Å². The predicted molar refractivity (Wildman–Crippen MR) is 94.9 cm³/mol. The zero-order valence-corrected chi connectivity index (χ0v) is 14.3. The molecule has 2 N–H and O–H groups in total. The minimum atomic E-state index is -0.324. The zero-order valence-electron chi connectivity index (χ0n) is 14.3. The Balaban J connectivity index is 1.73. The number of ketones is 1. The number of nitrogens with one attached hydrogen (secondary N) is 2. The number of ether oxygens (including phenoxy) is 1. The number of carbonyl (C=O) groups excluding carboxylic acids is 2. The number of nitrogens with zero attached hydrogens (tertiary/aromatic N) is 3. The summed E-state index contributed by atoms with van der Waals surface area (Å²) in [5.74, 6) is 0.738. The van der Waals surface area contributed by atoms with Crippen molar-refractivity contribution in [1.82, 2.24) is 20.2 Å². The van der Waals surface area contributed by atoms with Gasteiger partial charge in [-0.3, -0.25) is 25.0 Å². The number of benzene rings is 1. The van der Waals surface area contributed by atoms with E-state index in [0.717, 1.165) is 0 Å². The average Bonchev–Trinajstić information content (AvgIpc) is 3.10. The number of pyridine rings is 1. The molecule has 0 aliphatic rings. The van der Waals surface area contributed by atoms with Crippen LogP contribution in [0.25, 0.3) is 11.5 Å². The van der Waals surface area contributed by atoms with Gasteiger partial charge in [-0.25, -0.2) is 0 Å². The van der Waals surface area contributed by atoms with Gasteiger partial charge in [-0.2, -0.15) is 4.98 Å². The first-order chi connectivity index (χ1) is 12.6. The molecule has 0 aliphatic carbocycles. The van der Waals surface area contributed by atoms with Gasteiger partial charge in [-0.1, -0.05) is 6.07 Å². The van der Waals surface area contributed by atoms with E-state index in [2.05, 4.69) is 25.5 Å². The molecule has 0 atom stereocenters. The average molecular weight is 351 g/mol. The highest BCUT2D eigenvalue weighted by Crippen LogP contribution is 2.21. The Morgan fingerprint density at radius 2 is 2.08 bits per heavy atom. The Morgan fingerprint density at radius 3 is 2.77 bits per heavy atom. The van der Waals surface area contributed by atoms with Crippen LogP contribution < -0.4 is 10.1 Å². The summed E-state index contributed by atoms with van der Waals surface area (Å²) in [7, 11) is 1.51. The molecule has 0 radical (unpaired) electrons. The third-order valence-corrected chi connectivity index (χ3v) is 3.68. The van der Waals surface area contributed by atoms with Crippen LogP contribution in [-0.4, -0.2) is 39.0 Å². The second-order valence-corrected chi connectivity index (χ2v) is 5.53. The van der Waals surface area contributed by atoms with Crippen molar-refractivity contribution < 1.29 is 14.3 Å². The van der Waals surface area contributed by atoms with Crippen molar-refractivity contribution in [2.75, 3.05) is 12.4 Å². The SMILES string of the molecule is COc1ccc(C(C)=O)cc1CC(=O)Nc1n[nH]c(-c2ccccn2)n1. The molecule has 8 nitrogen and oxygen atoms in total. The Kier molecular flexibility index (Phi) is 5.02. The molecule has 0 spiro atoms. The van der Waals surface area contributed by atoms with E-state index < -0.39 is 0 Å². The van der Waals surface area contributed by atoms with Crippen LogP contribution >= 0.6 is 0 Å². The quantitative estimate of drug-likeness (QED) is 0.659. The number of amides is 1. The smallest absolute Gasteiger partial charge is 0.249 e. The molecule has 0 saturated carbocycles. The first-order valence-corrected chi connectivity index (χ1v) is 7.88. The molecule has 8 heteroatoms. The van der Waals surface area contributed by atoms with Gasteiger partial charge in [0, 0.05) is 17.3 Å². The van der Waals surface area contributed by atoms with E-state index in [1.165, 1.54) is 14.0 Å². The summed E-state index contributed by atoms with van der Waals surface area (Å²) in [6, 6.07) is 10.4. The summed E-state index contributed by atoms with van der Waals surface area (Å²) >= 11 is 0. The third kappa shape index (κ3) is 3.92. The maximum Gasteiger partial charge on any atom is 0.249 e. The van der Waals surface area contributed by atoms with Crippen molar-refractivity contribution in [2.24, 2.45) is 0 Å². The van der Waals surface area contributed by atoms with Crippen molar-refractivity contribution in [3.05, 3.63) is 53.7 Å². The summed E-state index contributed by atoms with van der Waals surface area (Å²) in [4.78, 5) is 32.2. The number of Topliss-reactive ketones (excluding diaryl/α,β-unsaturated/α-hetero) is 1. The number of hydrogen-bond acceptors (Lipinski definition) is 6. The van der Waals surface area contributed by atoms with Gasteiger partial charge >= 0.3 is 0 Å². The first-order valence-electron chi connectivity index (χ1n) is 7.88. The second-order valence-electron chi connectivity index (χ2n) is 5.53. The lowest BCUT2D eigenvalue weighted by molar-refractivity contribution is -0.115. The lowest BCUT2D eigenvalue weighted by atomic mass is 10.0. The lowest BCUT2D eigenvalue weighted by Gasteiger charge is -2.09. The molecule has 2 aromatic heterocycles. The van der Waals surface area contributed by atoms with Crippen LogP contribution in [0.4, 0.5) is 5.95 Å². The van der Waals surface area contributed by atoms with Crippen LogP contribution in [0.5, 0.6) is 5.75 Å². The van der Waals surface area contributed by atoms with Gasteiger partial charge < -0.3 is 4.74 Å². The van der Waals surface area contributed by atoms with Gasteiger partial charge in [0.05, 0.1) is 13.5 Å². The number of carbonyl (C=O) groups is 2. The Labute approximate surface area is 149 Å². The van der Waals surface area contributed by atoms with Gasteiger partial charge in [-0.05, 0) is 37.3 Å². The van der Waals surface area contributed by atoms with Gasteiger partial charge in [0.15, 0.2) is 11.6 Å². The van der Waals surface area contributed by atoms with E-state index in [1.807, 2.05) is 6.07 Å². The molecule has 3 aromatic rings. The zero-order chi connectivity index (χ0) is 18.5. The van der Waals surface area contributed by atoms with Gasteiger partial charge in [0.25, 0.3) is 0 Å². The normalized spacial score (nSPS) is 10.4. The number of anilines is 1. The molecular weight excluding hydrogens is 334 g/mol.